The molecule has 0 radical (unpaired) electrons. The molecule has 0 N–H and O–H groups in total. The van der Waals surface area contributed by atoms with Gasteiger partial charge in [0.05, 0.1) is 37.5 Å². The lowest BCUT2D eigenvalue weighted by atomic mass is 9.93. The highest BCUT2D eigenvalue weighted by molar-refractivity contribution is 5.13. The van der Waals surface area contributed by atoms with Crippen LogP contribution in [0.2, 0.25) is 0 Å². The summed E-state index contributed by atoms with van der Waals surface area (Å²) in [4.78, 5) is 5.66. The van der Waals surface area contributed by atoms with Gasteiger partial charge in [0.25, 0.3) is 0 Å². The molecule has 0 spiro atoms. The molecule has 128 valence electrons. The lowest BCUT2D eigenvalue weighted by molar-refractivity contribution is -0.199. The lowest BCUT2D eigenvalue weighted by Gasteiger charge is -2.43. The summed E-state index contributed by atoms with van der Waals surface area (Å²) in [5, 5.41) is 7.38. The monoisotopic (exact) mass is 332 g/mol. The predicted octanol–water partition coefficient (Wildman–Crippen LogP) is 3.36. The Balaban J connectivity index is 2.20. The van der Waals surface area contributed by atoms with Crippen molar-refractivity contribution in [2.45, 2.75) is 44.0 Å². The first-order chi connectivity index (χ1) is 11.7. The number of methoxy groups -OCH3 is 1. The molecular formula is C15H20N6O3. The Morgan fingerprint density at radius 3 is 2.54 bits per heavy atom. The maximum Gasteiger partial charge on any atom is 0.111 e. The van der Waals surface area contributed by atoms with Crippen LogP contribution >= 0.6 is 0 Å². The van der Waals surface area contributed by atoms with Gasteiger partial charge in [-0.05, 0) is 23.5 Å². The van der Waals surface area contributed by atoms with Gasteiger partial charge in [-0.25, -0.2) is 0 Å². The molecule has 9 nitrogen and oxygen atoms in total. The Morgan fingerprint density at radius 2 is 1.92 bits per heavy atom. The smallest absolute Gasteiger partial charge is 0.111 e. The van der Waals surface area contributed by atoms with Crippen LogP contribution in [-0.4, -0.2) is 44.1 Å². The highest BCUT2D eigenvalue weighted by atomic mass is 16.6. The molecule has 0 saturated carbocycles. The summed E-state index contributed by atoms with van der Waals surface area (Å²) in [6, 6.07) is 9.14. The Morgan fingerprint density at radius 1 is 1.17 bits per heavy atom. The first-order valence-electron chi connectivity index (χ1n) is 7.60. The minimum Gasteiger partial charge on any atom is -0.378 e. The minimum absolute atomic E-state index is 0.114. The zero-order valence-electron chi connectivity index (χ0n) is 13.6. The van der Waals surface area contributed by atoms with Crippen molar-refractivity contribution in [3.63, 3.8) is 0 Å². The first-order valence-corrected chi connectivity index (χ1v) is 7.60. The average molecular weight is 332 g/mol. The van der Waals surface area contributed by atoms with E-state index in [1.54, 1.807) is 6.92 Å². The first kappa shape index (κ1) is 18.1. The molecule has 1 aromatic rings. The molecule has 5 atom stereocenters. The van der Waals surface area contributed by atoms with Crippen LogP contribution in [0.5, 0.6) is 0 Å². The van der Waals surface area contributed by atoms with Crippen LogP contribution in [0.1, 0.15) is 12.5 Å². The predicted molar refractivity (Wildman–Crippen MR) is 87.1 cm³/mol. The van der Waals surface area contributed by atoms with E-state index in [2.05, 4.69) is 20.1 Å². The number of azide groups is 2. The third-order valence-corrected chi connectivity index (χ3v) is 3.96. The van der Waals surface area contributed by atoms with E-state index < -0.39 is 24.4 Å². The summed E-state index contributed by atoms with van der Waals surface area (Å²) in [6.45, 7) is 2.25. The maximum atomic E-state index is 8.79. The van der Waals surface area contributed by atoms with Crippen molar-refractivity contribution in [3.8, 4) is 0 Å². The van der Waals surface area contributed by atoms with Gasteiger partial charge in [0.1, 0.15) is 6.10 Å². The topological polar surface area (TPSA) is 125 Å². The summed E-state index contributed by atoms with van der Waals surface area (Å²) in [7, 11) is 1.53. The van der Waals surface area contributed by atoms with Gasteiger partial charge in [-0.1, -0.05) is 40.6 Å². The number of benzene rings is 1. The van der Waals surface area contributed by atoms with Gasteiger partial charge in [0.15, 0.2) is 0 Å². The van der Waals surface area contributed by atoms with Crippen LogP contribution in [0.3, 0.4) is 0 Å². The van der Waals surface area contributed by atoms with E-state index in [1.807, 2.05) is 30.3 Å². The fourth-order valence-corrected chi connectivity index (χ4v) is 2.83. The number of rotatable bonds is 7. The Hall–Kier alpha value is -2.28. The van der Waals surface area contributed by atoms with Crippen molar-refractivity contribution in [1.82, 2.24) is 0 Å². The van der Waals surface area contributed by atoms with E-state index in [0.29, 0.717) is 6.61 Å². The zero-order valence-corrected chi connectivity index (χ0v) is 13.6. The second-order valence-electron chi connectivity index (χ2n) is 5.45. The van der Waals surface area contributed by atoms with Crippen molar-refractivity contribution >= 4 is 0 Å². The van der Waals surface area contributed by atoms with E-state index in [9.17, 15) is 0 Å². The number of hydrogen-bond acceptors (Lipinski definition) is 5. The molecule has 24 heavy (non-hydrogen) atoms. The molecule has 1 aliphatic rings. The van der Waals surface area contributed by atoms with Crippen molar-refractivity contribution < 1.29 is 14.2 Å². The van der Waals surface area contributed by atoms with E-state index in [-0.39, 0.29) is 12.6 Å². The highest BCUT2D eigenvalue weighted by Gasteiger charge is 2.44. The van der Waals surface area contributed by atoms with Crippen LogP contribution in [-0.2, 0) is 20.8 Å². The molecule has 0 amide bonds. The molecule has 1 saturated heterocycles. The second-order valence-corrected chi connectivity index (χ2v) is 5.45. The molecule has 2 rings (SSSR count). The fourth-order valence-electron chi connectivity index (χ4n) is 2.83. The van der Waals surface area contributed by atoms with Gasteiger partial charge in [-0.15, -0.1) is 0 Å². The largest absolute Gasteiger partial charge is 0.378 e. The summed E-state index contributed by atoms with van der Waals surface area (Å²) in [6.07, 6.45) is -1.87. The summed E-state index contributed by atoms with van der Waals surface area (Å²) in [5.74, 6) is 0. The Bertz CT molecular complexity index is 615. The lowest BCUT2D eigenvalue weighted by Crippen LogP contribution is -2.58. The Labute approximate surface area is 139 Å². The van der Waals surface area contributed by atoms with Gasteiger partial charge in [-0.3, -0.25) is 0 Å². The number of ether oxygens (including phenoxy) is 3. The van der Waals surface area contributed by atoms with Crippen LogP contribution < -0.4 is 0 Å². The van der Waals surface area contributed by atoms with Gasteiger partial charge in [0.2, 0.25) is 0 Å². The van der Waals surface area contributed by atoms with E-state index in [1.165, 1.54) is 7.11 Å². The fraction of sp³-hybridized carbons (Fsp3) is 0.600. The quantitative estimate of drug-likeness (QED) is 0.431. The number of hydrogen-bond donors (Lipinski definition) is 0. The van der Waals surface area contributed by atoms with Crippen molar-refractivity contribution in [2.24, 2.45) is 10.2 Å². The van der Waals surface area contributed by atoms with Crippen molar-refractivity contribution in [2.75, 3.05) is 13.7 Å². The standard InChI is InChI=1S/C15H20N6O3/c1-10-13(19-21-17)15(22-2)14(12(24-10)8-18-20-16)23-9-11-6-4-3-5-7-11/h3-7,10,12-15H,8-9H2,1-2H3/t10-,12+,13-,14+,15+/m0/s1. The van der Waals surface area contributed by atoms with Gasteiger partial charge >= 0.3 is 0 Å². The minimum atomic E-state index is -0.525. The van der Waals surface area contributed by atoms with E-state index in [0.717, 1.165) is 5.56 Å². The van der Waals surface area contributed by atoms with Gasteiger partial charge in [0, 0.05) is 16.9 Å². The molecule has 1 aromatic carbocycles. The molecule has 1 fully saturated rings. The van der Waals surface area contributed by atoms with E-state index >= 15 is 0 Å². The third kappa shape index (κ3) is 4.38. The average Bonchev–Trinajstić information content (AvgIpc) is 2.61. The summed E-state index contributed by atoms with van der Waals surface area (Å²) >= 11 is 0. The molecule has 0 aliphatic carbocycles. The molecule has 1 aliphatic heterocycles. The zero-order chi connectivity index (χ0) is 17.4. The molecule has 0 bridgehead atoms. The molecule has 9 heteroatoms. The molecule has 1 heterocycles. The van der Waals surface area contributed by atoms with Gasteiger partial charge in [-0.2, -0.15) is 0 Å². The van der Waals surface area contributed by atoms with Crippen LogP contribution in [0, 0.1) is 0 Å². The second kappa shape index (κ2) is 9.12. The van der Waals surface area contributed by atoms with Crippen molar-refractivity contribution in [1.29, 1.82) is 0 Å². The Kier molecular flexibility index (Phi) is 6.87. The van der Waals surface area contributed by atoms with Crippen LogP contribution in [0.25, 0.3) is 20.9 Å². The SMILES string of the molecule is CO[C@@H]1[C@@H](N=[N+]=[N-])[C@H](C)O[C@H](CN=[N+]=[N-])[C@H]1OCc1ccccc1. The van der Waals surface area contributed by atoms with Crippen LogP contribution in [0.4, 0.5) is 0 Å². The van der Waals surface area contributed by atoms with Crippen LogP contribution in [0.15, 0.2) is 40.6 Å². The van der Waals surface area contributed by atoms with E-state index in [4.69, 9.17) is 25.3 Å². The maximum absolute atomic E-state index is 8.79. The molecule has 0 aromatic heterocycles. The van der Waals surface area contributed by atoms with Crippen molar-refractivity contribution in [3.05, 3.63) is 56.8 Å². The summed E-state index contributed by atoms with van der Waals surface area (Å²) < 4.78 is 17.4. The normalized spacial score (nSPS) is 29.3. The molecular weight excluding hydrogens is 312 g/mol. The highest BCUT2D eigenvalue weighted by Crippen LogP contribution is 2.28. The number of nitrogens with zero attached hydrogens (tertiary/aromatic N) is 6. The third-order valence-electron chi connectivity index (χ3n) is 3.96. The van der Waals surface area contributed by atoms with Gasteiger partial charge < -0.3 is 14.2 Å². The molecule has 0 unspecified atom stereocenters. The summed E-state index contributed by atoms with van der Waals surface area (Å²) in [5.41, 5.74) is 18.4.